The van der Waals surface area contributed by atoms with Gasteiger partial charge in [-0.2, -0.15) is 4.37 Å². The Morgan fingerprint density at radius 2 is 2.16 bits per heavy atom. The number of nitrogens with two attached hydrogens (primary N) is 2. The molecule has 1 unspecified atom stereocenters. The molecule has 0 bridgehead atoms. The van der Waals surface area contributed by atoms with Crippen molar-refractivity contribution in [1.82, 2.24) is 4.37 Å². The third-order valence-electron chi connectivity index (χ3n) is 3.94. The first-order valence-electron chi connectivity index (χ1n) is 6.95. The SMILES string of the molecule is CCC(Nc1snc(N)c1C(N)=O)C1CCCCC1. The van der Waals surface area contributed by atoms with Gasteiger partial charge in [-0.1, -0.05) is 26.2 Å². The smallest absolute Gasteiger partial charge is 0.255 e. The Kier molecular flexibility index (Phi) is 4.63. The first kappa shape index (κ1) is 14.1. The molecule has 1 saturated carbocycles. The van der Waals surface area contributed by atoms with Crippen molar-refractivity contribution >= 4 is 28.3 Å². The van der Waals surface area contributed by atoms with E-state index >= 15 is 0 Å². The summed E-state index contributed by atoms with van der Waals surface area (Å²) in [5.41, 5.74) is 11.4. The summed E-state index contributed by atoms with van der Waals surface area (Å²) in [6, 6.07) is 0.373. The molecule has 0 aromatic carbocycles. The van der Waals surface area contributed by atoms with Gasteiger partial charge in [-0.15, -0.1) is 0 Å². The van der Waals surface area contributed by atoms with Gasteiger partial charge in [0.05, 0.1) is 0 Å². The monoisotopic (exact) mass is 282 g/mol. The van der Waals surface area contributed by atoms with E-state index in [0.29, 0.717) is 17.5 Å². The van der Waals surface area contributed by atoms with Crippen LogP contribution in [0.25, 0.3) is 0 Å². The van der Waals surface area contributed by atoms with E-state index in [4.69, 9.17) is 11.5 Å². The fourth-order valence-electron chi connectivity index (χ4n) is 2.90. The lowest BCUT2D eigenvalue weighted by Gasteiger charge is -2.30. The summed E-state index contributed by atoms with van der Waals surface area (Å²) in [5.74, 6) is 0.397. The van der Waals surface area contributed by atoms with E-state index in [-0.39, 0.29) is 5.82 Å². The first-order chi connectivity index (χ1) is 9.13. The minimum atomic E-state index is -0.507. The predicted octanol–water partition coefficient (Wildman–Crippen LogP) is 2.60. The van der Waals surface area contributed by atoms with Crippen LogP contribution in [0.1, 0.15) is 55.8 Å². The van der Waals surface area contributed by atoms with Gasteiger partial charge in [0.2, 0.25) is 0 Å². The van der Waals surface area contributed by atoms with Crippen LogP contribution < -0.4 is 16.8 Å². The number of hydrogen-bond donors (Lipinski definition) is 3. The number of carbonyl (C=O) groups excluding carboxylic acids is 1. The van der Waals surface area contributed by atoms with Crippen LogP contribution >= 0.6 is 11.5 Å². The molecular formula is C13H22N4OS. The Labute approximate surface area is 117 Å². The normalized spacial score (nSPS) is 18.2. The lowest BCUT2D eigenvalue weighted by molar-refractivity contribution is 0.100. The number of rotatable bonds is 5. The van der Waals surface area contributed by atoms with Gasteiger partial charge in [0.1, 0.15) is 10.6 Å². The minimum absolute atomic E-state index is 0.235. The lowest BCUT2D eigenvalue weighted by atomic mass is 9.83. The van der Waals surface area contributed by atoms with Gasteiger partial charge >= 0.3 is 0 Å². The fourth-order valence-corrected chi connectivity index (χ4v) is 3.68. The molecule has 2 rings (SSSR count). The van der Waals surface area contributed by atoms with Crippen molar-refractivity contribution in [2.45, 2.75) is 51.5 Å². The molecule has 1 aliphatic rings. The van der Waals surface area contributed by atoms with Gasteiger partial charge in [0.25, 0.3) is 5.91 Å². The van der Waals surface area contributed by atoms with E-state index in [9.17, 15) is 4.79 Å². The summed E-state index contributed by atoms with van der Waals surface area (Å²) in [5, 5.41) is 4.17. The molecule has 0 radical (unpaired) electrons. The number of amides is 1. The van der Waals surface area contributed by atoms with E-state index in [1.807, 2.05) is 0 Å². The maximum Gasteiger partial charge on any atom is 0.255 e. The number of carbonyl (C=O) groups is 1. The predicted molar refractivity (Wildman–Crippen MR) is 79.3 cm³/mol. The molecule has 1 aromatic heterocycles. The summed E-state index contributed by atoms with van der Waals surface area (Å²) >= 11 is 1.23. The average molecular weight is 282 g/mol. The fraction of sp³-hybridized carbons (Fsp3) is 0.692. The zero-order chi connectivity index (χ0) is 13.8. The van der Waals surface area contributed by atoms with E-state index in [1.165, 1.54) is 43.6 Å². The molecule has 1 atom stereocenters. The summed E-state index contributed by atoms with van der Waals surface area (Å²) in [6.45, 7) is 2.17. The molecule has 1 aromatic rings. The van der Waals surface area contributed by atoms with Crippen molar-refractivity contribution < 1.29 is 4.79 Å². The molecule has 6 heteroatoms. The highest BCUT2D eigenvalue weighted by molar-refractivity contribution is 7.11. The summed E-state index contributed by atoms with van der Waals surface area (Å²) in [6.07, 6.45) is 7.48. The maximum absolute atomic E-state index is 11.4. The Balaban J connectivity index is 2.11. The van der Waals surface area contributed by atoms with Crippen LogP contribution in [0.4, 0.5) is 10.8 Å². The summed E-state index contributed by atoms with van der Waals surface area (Å²) in [7, 11) is 0. The van der Waals surface area contributed by atoms with E-state index in [2.05, 4.69) is 16.6 Å². The van der Waals surface area contributed by atoms with E-state index < -0.39 is 5.91 Å². The molecule has 1 heterocycles. The second kappa shape index (κ2) is 6.23. The van der Waals surface area contributed by atoms with Crippen molar-refractivity contribution in [2.24, 2.45) is 11.7 Å². The lowest BCUT2D eigenvalue weighted by Crippen LogP contribution is -2.30. The van der Waals surface area contributed by atoms with Crippen LogP contribution in [0, 0.1) is 5.92 Å². The van der Waals surface area contributed by atoms with Crippen molar-refractivity contribution in [3.63, 3.8) is 0 Å². The topological polar surface area (TPSA) is 94.0 Å². The van der Waals surface area contributed by atoms with Gasteiger partial charge in [-0.25, -0.2) is 0 Å². The van der Waals surface area contributed by atoms with Crippen molar-refractivity contribution in [3.05, 3.63) is 5.56 Å². The van der Waals surface area contributed by atoms with E-state index in [0.717, 1.165) is 11.4 Å². The zero-order valence-electron chi connectivity index (χ0n) is 11.3. The number of nitrogen functional groups attached to an aromatic ring is 1. The second-order valence-electron chi connectivity index (χ2n) is 5.19. The number of aromatic nitrogens is 1. The largest absolute Gasteiger partial charge is 0.382 e. The van der Waals surface area contributed by atoms with Crippen LogP contribution in [-0.2, 0) is 0 Å². The van der Waals surface area contributed by atoms with Crippen LogP contribution in [0.5, 0.6) is 0 Å². The van der Waals surface area contributed by atoms with Gasteiger partial charge in [-0.05, 0) is 36.7 Å². The second-order valence-corrected chi connectivity index (χ2v) is 5.97. The Bertz CT molecular complexity index is 440. The molecule has 106 valence electrons. The molecule has 1 amide bonds. The van der Waals surface area contributed by atoms with Gasteiger partial charge in [-0.3, -0.25) is 4.79 Å². The maximum atomic E-state index is 11.4. The molecule has 1 aliphatic carbocycles. The average Bonchev–Trinajstić information content (AvgIpc) is 2.78. The standard InChI is InChI=1S/C13H22N4OS/c1-2-9(8-6-4-3-5-7-8)16-13-10(12(15)18)11(14)17-19-13/h8-9,16H,2-7H2,1H3,(H2,14,17)(H2,15,18). The Morgan fingerprint density at radius 1 is 1.47 bits per heavy atom. The van der Waals surface area contributed by atoms with Crippen LogP contribution in [0.2, 0.25) is 0 Å². The number of hydrogen-bond acceptors (Lipinski definition) is 5. The highest BCUT2D eigenvalue weighted by Crippen LogP contribution is 2.33. The van der Waals surface area contributed by atoms with Crippen molar-refractivity contribution in [2.75, 3.05) is 11.1 Å². The van der Waals surface area contributed by atoms with Crippen LogP contribution in [0.15, 0.2) is 0 Å². The molecule has 19 heavy (non-hydrogen) atoms. The van der Waals surface area contributed by atoms with Crippen molar-refractivity contribution in [3.8, 4) is 0 Å². The third kappa shape index (κ3) is 3.18. The van der Waals surface area contributed by atoms with Gasteiger partial charge < -0.3 is 16.8 Å². The van der Waals surface area contributed by atoms with Crippen LogP contribution in [0.3, 0.4) is 0 Å². The zero-order valence-corrected chi connectivity index (χ0v) is 12.1. The molecule has 5 N–H and O–H groups in total. The highest BCUT2D eigenvalue weighted by atomic mass is 32.1. The molecule has 5 nitrogen and oxygen atoms in total. The number of nitrogens with zero attached hydrogens (tertiary/aromatic N) is 1. The molecule has 0 aliphatic heterocycles. The van der Waals surface area contributed by atoms with Gasteiger partial charge in [0, 0.05) is 6.04 Å². The third-order valence-corrected chi connectivity index (χ3v) is 4.73. The van der Waals surface area contributed by atoms with E-state index in [1.54, 1.807) is 0 Å². The van der Waals surface area contributed by atoms with Gasteiger partial charge in [0.15, 0.2) is 5.82 Å². The quantitative estimate of drug-likeness (QED) is 0.773. The first-order valence-corrected chi connectivity index (χ1v) is 7.72. The minimum Gasteiger partial charge on any atom is -0.382 e. The van der Waals surface area contributed by atoms with Crippen molar-refractivity contribution in [1.29, 1.82) is 0 Å². The molecule has 0 spiro atoms. The Hall–Kier alpha value is -1.30. The molecule has 0 saturated heterocycles. The number of primary amides is 1. The summed E-state index contributed by atoms with van der Waals surface area (Å²) in [4.78, 5) is 11.4. The molecular weight excluding hydrogens is 260 g/mol. The van der Waals surface area contributed by atoms with Crippen LogP contribution in [-0.4, -0.2) is 16.3 Å². The highest BCUT2D eigenvalue weighted by Gasteiger charge is 2.25. The Morgan fingerprint density at radius 3 is 2.74 bits per heavy atom. The number of anilines is 2. The number of nitrogens with one attached hydrogen (secondary N) is 1. The molecule has 1 fully saturated rings. The summed E-state index contributed by atoms with van der Waals surface area (Å²) < 4.78 is 4.03.